The normalized spacial score (nSPS) is 17.9. The maximum absolute atomic E-state index is 11.5. The number of carboxylic acids is 1. The number of nitrogens with one attached hydrogen (secondary N) is 1. The van der Waals surface area contributed by atoms with Gasteiger partial charge in [0.05, 0.1) is 17.6 Å². The number of carboxylic acid groups (broad SMARTS) is 1. The summed E-state index contributed by atoms with van der Waals surface area (Å²) in [6, 6.07) is 5.49. The molecule has 1 aliphatic rings. The number of hydroxylamine groups is 2. The summed E-state index contributed by atoms with van der Waals surface area (Å²) >= 11 is 0. The van der Waals surface area contributed by atoms with E-state index in [1.807, 2.05) is 0 Å². The average Bonchev–Trinajstić information content (AvgIpc) is 2.45. The summed E-state index contributed by atoms with van der Waals surface area (Å²) in [5, 5.41) is 52.7. The zero-order valence-corrected chi connectivity index (χ0v) is 12.3. The van der Waals surface area contributed by atoms with Crippen molar-refractivity contribution in [3.05, 3.63) is 57.7 Å². The second kappa shape index (κ2) is 6.26. The number of carbonyl (C=O) groups excluding carboxylic acids is 1. The summed E-state index contributed by atoms with van der Waals surface area (Å²) in [7, 11) is 0. The molecule has 2 rings (SSSR count). The smallest absolute Gasteiger partial charge is 0.102 e. The Bertz CT molecular complexity index is 696. The lowest BCUT2D eigenvalue weighted by Crippen LogP contribution is -2.38. The van der Waals surface area contributed by atoms with E-state index in [4.69, 9.17) is 5.21 Å². The summed E-state index contributed by atoms with van der Waals surface area (Å²) in [4.78, 5) is 11.5. The molecule has 1 aromatic carbocycles. The van der Waals surface area contributed by atoms with Crippen LogP contribution in [-0.4, -0.2) is 26.8 Å². The Morgan fingerprint density at radius 2 is 1.87 bits per heavy atom. The summed E-state index contributed by atoms with van der Waals surface area (Å²) < 4.78 is 0. The molecule has 1 aliphatic heterocycles. The van der Waals surface area contributed by atoms with Crippen molar-refractivity contribution in [2.75, 3.05) is 5.23 Å². The molecule has 0 saturated carbocycles. The zero-order valence-electron chi connectivity index (χ0n) is 12.3. The molecule has 1 atom stereocenters. The first kappa shape index (κ1) is 16.8. The Morgan fingerprint density at radius 3 is 2.39 bits per heavy atom. The first-order chi connectivity index (χ1) is 10.7. The fraction of sp³-hybridized carbons (Fsp3) is 0.214. The molecule has 0 radical (unpaired) electrons. The van der Waals surface area contributed by atoms with Gasteiger partial charge < -0.3 is 25.7 Å². The van der Waals surface area contributed by atoms with Crippen LogP contribution in [0.1, 0.15) is 25.3 Å². The first-order valence-corrected chi connectivity index (χ1v) is 6.58. The van der Waals surface area contributed by atoms with Gasteiger partial charge in [-0.2, -0.15) is 0 Å². The molecule has 9 heteroatoms. The molecule has 0 spiro atoms. The van der Waals surface area contributed by atoms with Gasteiger partial charge in [-0.3, -0.25) is 15.6 Å². The van der Waals surface area contributed by atoms with Crippen molar-refractivity contribution in [2.45, 2.75) is 19.8 Å². The summed E-state index contributed by atoms with van der Waals surface area (Å²) in [5.41, 5.74) is 0.367. The highest BCUT2D eigenvalue weighted by Gasteiger charge is 2.32. The monoisotopic (exact) mass is 321 g/mol. The number of benzene rings is 1. The van der Waals surface area contributed by atoms with E-state index in [2.05, 4.69) is 5.32 Å². The van der Waals surface area contributed by atoms with Crippen molar-refractivity contribution in [3.8, 4) is 0 Å². The number of aliphatic carboxylic acids is 1. The van der Waals surface area contributed by atoms with Gasteiger partial charge in [0, 0.05) is 17.0 Å². The first-order valence-electron chi connectivity index (χ1n) is 6.58. The number of rotatable bonds is 4. The number of dihydropyridines is 1. The van der Waals surface area contributed by atoms with Crippen LogP contribution in [-0.2, 0) is 4.79 Å². The predicted octanol–water partition coefficient (Wildman–Crippen LogP) is 0.403. The lowest BCUT2D eigenvalue weighted by atomic mass is 9.84. The number of anilines is 1. The molecule has 124 valence electrons. The molecule has 0 aromatic heterocycles. The second-order valence-corrected chi connectivity index (χ2v) is 5.05. The Balaban J connectivity index is 2.67. The van der Waals surface area contributed by atoms with Gasteiger partial charge in [-0.25, -0.2) is 0 Å². The Hall–Kier alpha value is -2.59. The Labute approximate surface area is 131 Å². The molecule has 4 N–H and O–H groups in total. The van der Waals surface area contributed by atoms with Crippen LogP contribution in [0.4, 0.5) is 5.69 Å². The third-order valence-electron chi connectivity index (χ3n) is 3.59. The predicted molar refractivity (Wildman–Crippen MR) is 75.8 cm³/mol. The summed E-state index contributed by atoms with van der Waals surface area (Å²) in [6.07, 6.45) is 0. The Kier molecular flexibility index (Phi) is 4.57. The zero-order chi connectivity index (χ0) is 17.3. The molecule has 0 fully saturated rings. The maximum Gasteiger partial charge on any atom is 0.102 e. The van der Waals surface area contributed by atoms with Crippen molar-refractivity contribution in [1.82, 2.24) is 10.5 Å². The molecule has 0 aliphatic carbocycles. The van der Waals surface area contributed by atoms with Crippen LogP contribution < -0.4 is 15.6 Å². The lowest BCUT2D eigenvalue weighted by Gasteiger charge is -2.34. The van der Waals surface area contributed by atoms with E-state index in [-0.39, 0.29) is 38.7 Å². The standard InChI is InChI=1S/C14H16N3O6/c1-7-11(14(18)19)12(13(17(22)23)8(2)15-7)9-4-3-5-10(6-9)16(20)21/h3-6,12,15,20,22-23H,1-2H3,(H,18,19)/q-1/p-1/t12-/m1/s1. The van der Waals surface area contributed by atoms with Crippen molar-refractivity contribution in [2.24, 2.45) is 0 Å². The van der Waals surface area contributed by atoms with Crippen LogP contribution >= 0.6 is 0 Å². The van der Waals surface area contributed by atoms with E-state index < -0.39 is 11.9 Å². The minimum Gasteiger partial charge on any atom is -0.733 e. The number of nitrogens with zero attached hydrogens (tertiary/aromatic N) is 2. The van der Waals surface area contributed by atoms with Crippen molar-refractivity contribution in [3.63, 3.8) is 0 Å². The SMILES string of the molecule is CC1=C(C(=O)[O-])[C@@H](c2cccc(N([O-])O)c2)C(N(O)O)=C(C)N1. The van der Waals surface area contributed by atoms with Crippen LogP contribution in [0.15, 0.2) is 46.9 Å². The van der Waals surface area contributed by atoms with E-state index in [1.54, 1.807) is 0 Å². The van der Waals surface area contributed by atoms with Crippen LogP contribution in [0.25, 0.3) is 0 Å². The minimum absolute atomic E-state index is 0.129. The highest BCUT2D eigenvalue weighted by molar-refractivity contribution is 5.89. The van der Waals surface area contributed by atoms with Gasteiger partial charge >= 0.3 is 0 Å². The van der Waals surface area contributed by atoms with E-state index in [0.29, 0.717) is 5.70 Å². The molecule has 0 bridgehead atoms. The topological polar surface area (TPSA) is 142 Å². The van der Waals surface area contributed by atoms with Gasteiger partial charge in [0.25, 0.3) is 0 Å². The molecule has 0 unspecified atom stereocenters. The third-order valence-corrected chi connectivity index (χ3v) is 3.59. The minimum atomic E-state index is -1.50. The molecule has 23 heavy (non-hydrogen) atoms. The Morgan fingerprint density at radius 1 is 1.22 bits per heavy atom. The molecule has 1 heterocycles. The quantitative estimate of drug-likeness (QED) is 0.579. The number of carbonyl (C=O) groups is 1. The van der Waals surface area contributed by atoms with Crippen LogP contribution in [0.3, 0.4) is 0 Å². The molecule has 9 nitrogen and oxygen atoms in total. The highest BCUT2D eigenvalue weighted by atomic mass is 16.8. The van der Waals surface area contributed by atoms with Gasteiger partial charge in [-0.15, -0.1) is 5.23 Å². The highest BCUT2D eigenvalue weighted by Crippen LogP contribution is 2.39. The number of allylic oxidation sites excluding steroid dienone is 3. The lowest BCUT2D eigenvalue weighted by molar-refractivity contribution is -0.300. The molecular formula is C14H15N3O6-2. The van der Waals surface area contributed by atoms with E-state index >= 15 is 0 Å². The van der Waals surface area contributed by atoms with Crippen LogP contribution in [0.2, 0.25) is 0 Å². The average molecular weight is 321 g/mol. The molecule has 1 aromatic rings. The van der Waals surface area contributed by atoms with Crippen LogP contribution in [0, 0.1) is 5.21 Å². The number of hydrogen-bond donors (Lipinski definition) is 4. The van der Waals surface area contributed by atoms with E-state index in [9.17, 15) is 25.5 Å². The van der Waals surface area contributed by atoms with Gasteiger partial charge in [0.2, 0.25) is 0 Å². The fourth-order valence-corrected chi connectivity index (χ4v) is 2.67. The van der Waals surface area contributed by atoms with Gasteiger partial charge in [-0.1, -0.05) is 12.1 Å². The molecular weight excluding hydrogens is 306 g/mol. The summed E-state index contributed by atoms with van der Waals surface area (Å²) in [5.74, 6) is -2.60. The molecule has 0 amide bonds. The second-order valence-electron chi connectivity index (χ2n) is 5.05. The third kappa shape index (κ3) is 3.12. The van der Waals surface area contributed by atoms with Crippen molar-refractivity contribution in [1.29, 1.82) is 0 Å². The largest absolute Gasteiger partial charge is 0.733 e. The van der Waals surface area contributed by atoms with E-state index in [0.717, 1.165) is 0 Å². The van der Waals surface area contributed by atoms with Gasteiger partial charge in [0.15, 0.2) is 0 Å². The maximum atomic E-state index is 11.5. The van der Waals surface area contributed by atoms with Gasteiger partial charge in [0.1, 0.15) is 5.70 Å². The van der Waals surface area contributed by atoms with Crippen LogP contribution in [0.5, 0.6) is 0 Å². The fourth-order valence-electron chi connectivity index (χ4n) is 2.67. The number of hydrogen-bond acceptors (Lipinski definition) is 9. The van der Waals surface area contributed by atoms with E-state index in [1.165, 1.54) is 38.1 Å². The molecule has 0 saturated heterocycles. The van der Waals surface area contributed by atoms with Crippen molar-refractivity contribution >= 4 is 11.7 Å². The van der Waals surface area contributed by atoms with Gasteiger partial charge in [-0.05, 0) is 31.5 Å². The van der Waals surface area contributed by atoms with Crippen molar-refractivity contribution < 1.29 is 25.5 Å². The summed E-state index contributed by atoms with van der Waals surface area (Å²) in [6.45, 7) is 3.04.